The monoisotopic (exact) mass is 484 g/mol. The summed E-state index contributed by atoms with van der Waals surface area (Å²) >= 11 is 0. The number of alkyl halides is 3. The first kappa shape index (κ1) is 24.1. The van der Waals surface area contributed by atoms with Crippen molar-refractivity contribution in [3.05, 3.63) is 94.5 Å². The highest BCUT2D eigenvalue weighted by Crippen LogP contribution is 2.35. The molecule has 0 aliphatic carbocycles. The molecule has 35 heavy (non-hydrogen) atoms. The van der Waals surface area contributed by atoms with Crippen molar-refractivity contribution in [3.63, 3.8) is 0 Å². The number of fused-ring (bicyclic) bond motifs is 1. The van der Waals surface area contributed by atoms with Crippen LogP contribution in [0.5, 0.6) is 11.5 Å². The van der Waals surface area contributed by atoms with Crippen LogP contribution in [0, 0.1) is 0 Å². The molecule has 0 spiro atoms. The molecule has 0 bridgehead atoms. The number of halogens is 3. The number of hydrogen-bond acceptors (Lipinski definition) is 4. The van der Waals surface area contributed by atoms with Gasteiger partial charge in [-0.1, -0.05) is 36.4 Å². The molecule has 6 nitrogen and oxygen atoms in total. The lowest BCUT2D eigenvalue weighted by atomic mass is 10.1. The summed E-state index contributed by atoms with van der Waals surface area (Å²) < 4.78 is 49.0. The van der Waals surface area contributed by atoms with E-state index in [1.807, 2.05) is 12.1 Å². The molecule has 0 fully saturated rings. The largest absolute Gasteiger partial charge is 0.573 e. The number of ether oxygens (including phenoxy) is 2. The fourth-order valence-electron chi connectivity index (χ4n) is 3.80. The van der Waals surface area contributed by atoms with Crippen LogP contribution in [0.15, 0.2) is 66.7 Å². The molecule has 3 aromatic rings. The van der Waals surface area contributed by atoms with Crippen LogP contribution in [0.3, 0.4) is 0 Å². The lowest BCUT2D eigenvalue weighted by Crippen LogP contribution is -2.23. The van der Waals surface area contributed by atoms with Gasteiger partial charge in [0.25, 0.3) is 11.8 Å². The predicted molar refractivity (Wildman–Crippen MR) is 122 cm³/mol. The minimum absolute atomic E-state index is 0.0239. The van der Waals surface area contributed by atoms with Gasteiger partial charge in [-0.2, -0.15) is 0 Å². The first-order valence-electron chi connectivity index (χ1n) is 10.8. The number of hydrogen-bond donors (Lipinski definition) is 0. The van der Waals surface area contributed by atoms with Gasteiger partial charge in [-0.3, -0.25) is 9.59 Å². The maximum Gasteiger partial charge on any atom is 0.573 e. The van der Waals surface area contributed by atoms with Gasteiger partial charge in [0.1, 0.15) is 6.61 Å². The first-order valence-corrected chi connectivity index (χ1v) is 10.8. The maximum absolute atomic E-state index is 13.1. The topological polar surface area (TPSA) is 59.1 Å². The number of rotatable bonds is 7. The molecule has 0 N–H and O–H groups in total. The van der Waals surface area contributed by atoms with Gasteiger partial charge in [0.05, 0.1) is 0 Å². The van der Waals surface area contributed by atoms with E-state index in [1.165, 1.54) is 17.0 Å². The Labute approximate surface area is 200 Å². The van der Waals surface area contributed by atoms with Crippen molar-refractivity contribution < 1.29 is 32.2 Å². The fourth-order valence-corrected chi connectivity index (χ4v) is 3.80. The van der Waals surface area contributed by atoms with Crippen LogP contribution < -0.4 is 9.47 Å². The van der Waals surface area contributed by atoms with Crippen molar-refractivity contribution >= 4 is 11.8 Å². The minimum Gasteiger partial charge on any atom is -0.485 e. The zero-order valence-corrected chi connectivity index (χ0v) is 19.1. The smallest absolute Gasteiger partial charge is 0.485 e. The standard InChI is InChI=1S/C26H23F3N2O4/c1-30(2)24(32)19-10-7-17(8-11-19)16-34-22-12-9-18(13-23(22)35-26(27,28)29)14-31-15-20-5-3-4-6-21(20)25(31)33/h3-13H,14-16H2,1-2H3. The van der Waals surface area contributed by atoms with Gasteiger partial charge in [-0.15, -0.1) is 13.2 Å². The van der Waals surface area contributed by atoms with Crippen molar-refractivity contribution in [3.8, 4) is 11.5 Å². The molecule has 4 rings (SSSR count). The van der Waals surface area contributed by atoms with E-state index in [1.54, 1.807) is 61.5 Å². The van der Waals surface area contributed by atoms with E-state index in [9.17, 15) is 22.8 Å². The van der Waals surface area contributed by atoms with Crippen molar-refractivity contribution in [1.82, 2.24) is 9.80 Å². The molecule has 0 aromatic heterocycles. The van der Waals surface area contributed by atoms with E-state index in [0.29, 0.717) is 28.8 Å². The van der Waals surface area contributed by atoms with Gasteiger partial charge in [0.2, 0.25) is 0 Å². The normalized spacial score (nSPS) is 12.9. The van der Waals surface area contributed by atoms with Gasteiger partial charge in [0.15, 0.2) is 11.5 Å². The van der Waals surface area contributed by atoms with Gasteiger partial charge in [-0.05, 0) is 47.0 Å². The number of benzene rings is 3. The Balaban J connectivity index is 1.49. The molecule has 182 valence electrons. The fraction of sp³-hybridized carbons (Fsp3) is 0.231. The van der Waals surface area contributed by atoms with Crippen LogP contribution in [-0.2, 0) is 19.7 Å². The summed E-state index contributed by atoms with van der Waals surface area (Å²) in [5.74, 6) is -0.905. The lowest BCUT2D eigenvalue weighted by molar-refractivity contribution is -0.275. The number of carbonyl (C=O) groups is 2. The quantitative estimate of drug-likeness (QED) is 0.473. The second kappa shape index (κ2) is 9.69. The Morgan fingerprint density at radius 2 is 1.66 bits per heavy atom. The number of nitrogens with zero attached hydrogens (tertiary/aromatic N) is 2. The van der Waals surface area contributed by atoms with Crippen molar-refractivity contribution in [1.29, 1.82) is 0 Å². The Bertz CT molecular complexity index is 1240. The van der Waals surface area contributed by atoms with E-state index >= 15 is 0 Å². The molecule has 0 saturated heterocycles. The zero-order valence-electron chi connectivity index (χ0n) is 19.1. The summed E-state index contributed by atoms with van der Waals surface area (Å²) in [7, 11) is 3.29. The summed E-state index contributed by atoms with van der Waals surface area (Å²) in [6.07, 6.45) is -4.91. The van der Waals surface area contributed by atoms with Crippen molar-refractivity contribution in [2.75, 3.05) is 14.1 Å². The van der Waals surface area contributed by atoms with Gasteiger partial charge in [0, 0.05) is 38.3 Å². The van der Waals surface area contributed by atoms with Crippen molar-refractivity contribution in [2.45, 2.75) is 26.1 Å². The van der Waals surface area contributed by atoms with E-state index in [-0.39, 0.29) is 30.7 Å². The third kappa shape index (κ3) is 5.74. The van der Waals surface area contributed by atoms with Crippen LogP contribution in [0.25, 0.3) is 0 Å². The Morgan fingerprint density at radius 3 is 2.31 bits per heavy atom. The van der Waals surface area contributed by atoms with Crippen LogP contribution in [-0.4, -0.2) is 42.1 Å². The molecule has 9 heteroatoms. The average Bonchev–Trinajstić information content (AvgIpc) is 3.12. The van der Waals surface area contributed by atoms with E-state index in [2.05, 4.69) is 4.74 Å². The number of amides is 2. The van der Waals surface area contributed by atoms with Crippen molar-refractivity contribution in [2.24, 2.45) is 0 Å². The van der Waals surface area contributed by atoms with Crippen LogP contribution >= 0.6 is 0 Å². The second-order valence-electron chi connectivity index (χ2n) is 8.33. The third-order valence-electron chi connectivity index (χ3n) is 5.50. The van der Waals surface area contributed by atoms with Crippen LogP contribution in [0.2, 0.25) is 0 Å². The van der Waals surface area contributed by atoms with E-state index < -0.39 is 12.1 Å². The molecular weight excluding hydrogens is 461 g/mol. The molecule has 0 unspecified atom stereocenters. The average molecular weight is 484 g/mol. The third-order valence-corrected chi connectivity index (χ3v) is 5.50. The molecule has 0 radical (unpaired) electrons. The lowest BCUT2D eigenvalue weighted by Gasteiger charge is -2.19. The van der Waals surface area contributed by atoms with Gasteiger partial charge in [-0.25, -0.2) is 0 Å². The van der Waals surface area contributed by atoms with Crippen LogP contribution in [0.4, 0.5) is 13.2 Å². The number of carbonyl (C=O) groups excluding carboxylic acids is 2. The van der Waals surface area contributed by atoms with Gasteiger partial charge >= 0.3 is 6.36 Å². The first-order chi connectivity index (χ1) is 16.6. The SMILES string of the molecule is CN(C)C(=O)c1ccc(COc2ccc(CN3Cc4ccccc4C3=O)cc2OC(F)(F)F)cc1. The summed E-state index contributed by atoms with van der Waals surface area (Å²) in [4.78, 5) is 27.6. The van der Waals surface area contributed by atoms with E-state index in [0.717, 1.165) is 5.56 Å². The summed E-state index contributed by atoms with van der Waals surface area (Å²) in [5.41, 5.74) is 3.11. The zero-order chi connectivity index (χ0) is 25.2. The van der Waals surface area contributed by atoms with E-state index in [4.69, 9.17) is 4.74 Å². The molecule has 1 aliphatic heterocycles. The highest BCUT2D eigenvalue weighted by molar-refractivity contribution is 5.98. The highest BCUT2D eigenvalue weighted by atomic mass is 19.4. The van der Waals surface area contributed by atoms with Gasteiger partial charge < -0.3 is 19.3 Å². The Kier molecular flexibility index (Phi) is 6.68. The highest BCUT2D eigenvalue weighted by Gasteiger charge is 2.33. The van der Waals surface area contributed by atoms with Crippen LogP contribution in [0.1, 0.15) is 37.4 Å². The molecule has 0 saturated carbocycles. The summed E-state index contributed by atoms with van der Waals surface area (Å²) in [5, 5.41) is 0. The minimum atomic E-state index is -4.91. The molecular formula is C26H23F3N2O4. The molecule has 3 aromatic carbocycles. The molecule has 1 heterocycles. The Morgan fingerprint density at radius 1 is 0.971 bits per heavy atom. The molecule has 1 aliphatic rings. The maximum atomic E-state index is 13.1. The predicted octanol–water partition coefficient (Wildman–Crippen LogP) is 5.02. The summed E-state index contributed by atoms with van der Waals surface area (Å²) in [6.45, 7) is 0.488. The molecule has 0 atom stereocenters. The molecule has 2 amide bonds. The Hall–Kier alpha value is -4.01. The summed E-state index contributed by atoms with van der Waals surface area (Å²) in [6, 6.07) is 18.0. The second-order valence-corrected chi connectivity index (χ2v) is 8.33.